The van der Waals surface area contributed by atoms with Gasteiger partial charge in [0.2, 0.25) is 0 Å². The third-order valence-corrected chi connectivity index (χ3v) is 3.30. The summed E-state index contributed by atoms with van der Waals surface area (Å²) in [4.78, 5) is 2.91. The molecule has 4 nitrogen and oxygen atoms in total. The predicted octanol–water partition coefficient (Wildman–Crippen LogP) is 0.523. The Balaban J connectivity index is 2.61. The summed E-state index contributed by atoms with van der Waals surface area (Å²) in [5.74, 6) is 0. The van der Waals surface area contributed by atoms with Crippen molar-refractivity contribution in [2.45, 2.75) is 44.9 Å². The fourth-order valence-corrected chi connectivity index (χ4v) is 2.38. The molecule has 0 aliphatic carbocycles. The van der Waals surface area contributed by atoms with Gasteiger partial charge in [-0.05, 0) is 13.3 Å². The van der Waals surface area contributed by atoms with Crippen molar-refractivity contribution in [1.29, 1.82) is 0 Å². The van der Waals surface area contributed by atoms with Crippen LogP contribution in [0.5, 0.6) is 0 Å². The van der Waals surface area contributed by atoms with Gasteiger partial charge in [0, 0.05) is 25.0 Å². The van der Waals surface area contributed by atoms with Crippen LogP contribution in [-0.4, -0.2) is 52.9 Å². The van der Waals surface area contributed by atoms with Gasteiger partial charge in [0.25, 0.3) is 0 Å². The van der Waals surface area contributed by atoms with E-state index >= 15 is 0 Å². The van der Waals surface area contributed by atoms with Gasteiger partial charge in [0.15, 0.2) is 0 Å². The Kier molecular flexibility index (Phi) is 5.61. The topological polar surface area (TPSA) is 58.7 Å². The lowest BCUT2D eigenvalue weighted by Crippen LogP contribution is -2.54. The van der Waals surface area contributed by atoms with E-state index in [0.29, 0.717) is 23.7 Å². The third-order valence-electron chi connectivity index (χ3n) is 3.13. The van der Waals surface area contributed by atoms with Crippen LogP contribution in [0, 0.1) is 0 Å². The summed E-state index contributed by atoms with van der Waals surface area (Å²) >= 11 is 4.97. The van der Waals surface area contributed by atoms with E-state index in [2.05, 4.69) is 18.7 Å². The second kappa shape index (κ2) is 6.49. The second-order valence-corrected chi connectivity index (χ2v) is 4.94. The molecule has 1 aliphatic heterocycles. The van der Waals surface area contributed by atoms with Crippen molar-refractivity contribution < 1.29 is 9.84 Å². The van der Waals surface area contributed by atoms with Gasteiger partial charge in [-0.15, -0.1) is 0 Å². The van der Waals surface area contributed by atoms with Gasteiger partial charge in [-0.1, -0.05) is 19.1 Å². The van der Waals surface area contributed by atoms with E-state index in [0.717, 1.165) is 19.4 Å². The van der Waals surface area contributed by atoms with Crippen molar-refractivity contribution in [3.63, 3.8) is 0 Å². The Bertz CT molecular complexity index is 238. The van der Waals surface area contributed by atoms with Gasteiger partial charge >= 0.3 is 0 Å². The lowest BCUT2D eigenvalue weighted by Gasteiger charge is -2.42. The van der Waals surface area contributed by atoms with E-state index in [1.165, 1.54) is 0 Å². The molecule has 3 N–H and O–H groups in total. The number of morpholine rings is 1. The van der Waals surface area contributed by atoms with Gasteiger partial charge in [-0.25, -0.2) is 0 Å². The fraction of sp³-hybridized carbons (Fsp3) is 0.909. The second-order valence-electron chi connectivity index (χ2n) is 4.42. The van der Waals surface area contributed by atoms with E-state index in [1.807, 2.05) is 0 Å². The molecule has 0 aromatic rings. The van der Waals surface area contributed by atoms with E-state index in [9.17, 15) is 0 Å². The molecule has 1 fully saturated rings. The maximum Gasteiger partial charge on any atom is 0.0933 e. The van der Waals surface area contributed by atoms with Crippen LogP contribution in [0.4, 0.5) is 0 Å². The highest BCUT2D eigenvalue weighted by molar-refractivity contribution is 7.80. The van der Waals surface area contributed by atoms with E-state index in [-0.39, 0.29) is 12.7 Å². The summed E-state index contributed by atoms with van der Waals surface area (Å²) in [6.07, 6.45) is 1.69. The van der Waals surface area contributed by atoms with E-state index < -0.39 is 0 Å². The van der Waals surface area contributed by atoms with Crippen LogP contribution >= 0.6 is 12.2 Å². The molecule has 0 spiro atoms. The fourth-order valence-electron chi connectivity index (χ4n) is 2.19. The molecule has 0 aromatic heterocycles. The molecule has 5 heteroatoms. The maximum atomic E-state index is 9.13. The first kappa shape index (κ1) is 13.8. The summed E-state index contributed by atoms with van der Waals surface area (Å²) in [5, 5.41) is 9.13. The molecular weight excluding hydrogens is 224 g/mol. The summed E-state index contributed by atoms with van der Waals surface area (Å²) in [5.41, 5.74) is 5.61. The normalized spacial score (nSPS) is 28.9. The van der Waals surface area contributed by atoms with Gasteiger partial charge in [-0.3, -0.25) is 4.90 Å². The zero-order valence-corrected chi connectivity index (χ0v) is 10.9. The van der Waals surface area contributed by atoms with Crippen LogP contribution in [0.1, 0.15) is 26.7 Å². The van der Waals surface area contributed by atoms with Crippen molar-refractivity contribution in [2.24, 2.45) is 5.73 Å². The Morgan fingerprint density at radius 2 is 2.38 bits per heavy atom. The van der Waals surface area contributed by atoms with Crippen molar-refractivity contribution in [3.05, 3.63) is 0 Å². The Morgan fingerprint density at radius 1 is 1.69 bits per heavy atom. The number of thiocarbonyl (C=S) groups is 1. The number of nitrogens with zero attached hydrogens (tertiary/aromatic N) is 1. The molecule has 3 unspecified atom stereocenters. The largest absolute Gasteiger partial charge is 0.394 e. The number of nitrogens with two attached hydrogens (primary N) is 1. The summed E-state index contributed by atoms with van der Waals surface area (Å²) in [6, 6.07) is 0.729. The maximum absolute atomic E-state index is 9.13. The van der Waals surface area contributed by atoms with Gasteiger partial charge in [0.1, 0.15) is 0 Å². The molecule has 16 heavy (non-hydrogen) atoms. The highest BCUT2D eigenvalue weighted by Crippen LogP contribution is 2.19. The predicted molar refractivity (Wildman–Crippen MR) is 68.5 cm³/mol. The average molecular weight is 246 g/mol. The number of rotatable bonds is 5. The molecule has 0 radical (unpaired) electrons. The highest BCUT2D eigenvalue weighted by Gasteiger charge is 2.30. The third kappa shape index (κ3) is 3.66. The van der Waals surface area contributed by atoms with E-state index in [1.54, 1.807) is 0 Å². The quantitative estimate of drug-likeness (QED) is 0.693. The average Bonchev–Trinajstić information content (AvgIpc) is 2.26. The van der Waals surface area contributed by atoms with Crippen LogP contribution in [0.2, 0.25) is 0 Å². The van der Waals surface area contributed by atoms with Crippen LogP contribution < -0.4 is 5.73 Å². The summed E-state index contributed by atoms with van der Waals surface area (Å²) in [6.45, 7) is 5.78. The number of aliphatic hydroxyl groups excluding tert-OH is 1. The molecule has 0 bridgehead atoms. The SMILES string of the molecule is CCC(CC(N)=S)N1CC(CO)OCC1C. The van der Waals surface area contributed by atoms with Crippen LogP contribution in [0.25, 0.3) is 0 Å². The zero-order chi connectivity index (χ0) is 12.1. The Morgan fingerprint density at radius 3 is 2.88 bits per heavy atom. The van der Waals surface area contributed by atoms with Crippen molar-refractivity contribution in [3.8, 4) is 0 Å². The van der Waals surface area contributed by atoms with Crippen LogP contribution in [0.3, 0.4) is 0 Å². The van der Waals surface area contributed by atoms with Crippen LogP contribution in [0.15, 0.2) is 0 Å². The molecule has 0 aromatic carbocycles. The number of hydrogen-bond donors (Lipinski definition) is 2. The minimum atomic E-state index is -0.0726. The lowest BCUT2D eigenvalue weighted by atomic mass is 10.0. The summed E-state index contributed by atoms with van der Waals surface area (Å²) < 4.78 is 5.51. The first-order valence-corrected chi connectivity index (χ1v) is 6.25. The molecule has 3 atom stereocenters. The summed E-state index contributed by atoms with van der Waals surface area (Å²) in [7, 11) is 0. The molecule has 1 heterocycles. The van der Waals surface area contributed by atoms with Gasteiger partial charge in [0.05, 0.1) is 24.3 Å². The number of hydrogen-bond acceptors (Lipinski definition) is 4. The molecule has 1 aliphatic rings. The molecule has 1 rings (SSSR count). The molecule has 0 saturated carbocycles. The van der Waals surface area contributed by atoms with Gasteiger partial charge in [-0.2, -0.15) is 0 Å². The van der Waals surface area contributed by atoms with Crippen LogP contribution in [-0.2, 0) is 4.74 Å². The molecular formula is C11H22N2O2S. The van der Waals surface area contributed by atoms with Crippen molar-refractivity contribution in [2.75, 3.05) is 19.8 Å². The zero-order valence-electron chi connectivity index (χ0n) is 10.1. The first-order valence-electron chi connectivity index (χ1n) is 5.85. The van der Waals surface area contributed by atoms with Crippen molar-refractivity contribution in [1.82, 2.24) is 4.90 Å². The minimum Gasteiger partial charge on any atom is -0.394 e. The standard InChI is InChI=1S/C11H22N2O2S/c1-3-9(4-11(12)16)13-5-10(6-14)15-7-8(13)2/h8-10,14H,3-7H2,1-2H3,(H2,12,16). The highest BCUT2D eigenvalue weighted by atomic mass is 32.1. The number of ether oxygens (including phenoxy) is 1. The molecule has 0 amide bonds. The Hall–Kier alpha value is -0.230. The first-order chi connectivity index (χ1) is 7.58. The van der Waals surface area contributed by atoms with Crippen molar-refractivity contribution >= 4 is 17.2 Å². The van der Waals surface area contributed by atoms with Gasteiger partial charge < -0.3 is 15.6 Å². The molecule has 94 valence electrons. The molecule has 1 saturated heterocycles. The van der Waals surface area contributed by atoms with E-state index in [4.69, 9.17) is 27.8 Å². The minimum absolute atomic E-state index is 0.0726. The number of aliphatic hydroxyl groups is 1. The lowest BCUT2D eigenvalue weighted by molar-refractivity contribution is -0.0906. The smallest absolute Gasteiger partial charge is 0.0933 e. The Labute approximate surface area is 103 Å². The monoisotopic (exact) mass is 246 g/mol.